The van der Waals surface area contributed by atoms with Crippen molar-refractivity contribution in [3.05, 3.63) is 53.1 Å². The second kappa shape index (κ2) is 6.10. The predicted octanol–water partition coefficient (Wildman–Crippen LogP) is 4.65. The van der Waals surface area contributed by atoms with Crippen LogP contribution in [-0.4, -0.2) is 17.0 Å². The van der Waals surface area contributed by atoms with Crippen molar-refractivity contribution in [2.75, 3.05) is 7.05 Å². The number of aromatic nitrogens is 2. The Kier molecular flexibility index (Phi) is 4.19. The fraction of sp³-hybridized carbons (Fsp3) is 0.188. The van der Waals surface area contributed by atoms with Crippen LogP contribution in [0.3, 0.4) is 0 Å². The number of hydrogen-bond acceptors (Lipinski definition) is 3. The van der Waals surface area contributed by atoms with Gasteiger partial charge in [-0.05, 0) is 43.8 Å². The highest BCUT2D eigenvalue weighted by Crippen LogP contribution is 2.32. The van der Waals surface area contributed by atoms with Crippen molar-refractivity contribution >= 4 is 34.4 Å². The third-order valence-corrected chi connectivity index (χ3v) is 4.66. The summed E-state index contributed by atoms with van der Waals surface area (Å²) in [7, 11) is 1.93. The molecule has 3 rings (SSSR count). The number of aromatic amines is 1. The van der Waals surface area contributed by atoms with Crippen molar-refractivity contribution in [2.45, 2.75) is 23.0 Å². The molecule has 21 heavy (non-hydrogen) atoms. The zero-order valence-electron chi connectivity index (χ0n) is 11.9. The third kappa shape index (κ3) is 3.07. The van der Waals surface area contributed by atoms with E-state index < -0.39 is 0 Å². The normalized spacial score (nSPS) is 12.7. The van der Waals surface area contributed by atoms with Crippen molar-refractivity contribution in [1.29, 1.82) is 0 Å². The Morgan fingerprint density at radius 2 is 2.05 bits per heavy atom. The van der Waals surface area contributed by atoms with Gasteiger partial charge in [0.25, 0.3) is 0 Å². The van der Waals surface area contributed by atoms with E-state index in [1.807, 2.05) is 37.4 Å². The van der Waals surface area contributed by atoms with Crippen LogP contribution in [0.2, 0.25) is 5.02 Å². The second-order valence-corrected chi connectivity index (χ2v) is 6.32. The molecule has 108 valence electrons. The lowest BCUT2D eigenvalue weighted by molar-refractivity contribution is 0.652. The van der Waals surface area contributed by atoms with Gasteiger partial charge in [0.05, 0.1) is 11.0 Å². The molecule has 0 saturated heterocycles. The molecular formula is C16H16ClN3S. The summed E-state index contributed by atoms with van der Waals surface area (Å²) in [6, 6.07) is 14.4. The number of nitrogens with zero attached hydrogens (tertiary/aromatic N) is 1. The Balaban J connectivity index is 1.86. The van der Waals surface area contributed by atoms with Crippen LogP contribution >= 0.6 is 23.4 Å². The van der Waals surface area contributed by atoms with Gasteiger partial charge in [-0.15, -0.1) is 0 Å². The maximum Gasteiger partial charge on any atom is 0.171 e. The minimum atomic E-state index is 0.239. The monoisotopic (exact) mass is 317 g/mol. The molecule has 0 aliphatic rings. The summed E-state index contributed by atoms with van der Waals surface area (Å²) in [6.07, 6.45) is 0. The van der Waals surface area contributed by atoms with E-state index in [2.05, 4.69) is 34.3 Å². The lowest BCUT2D eigenvalue weighted by Gasteiger charge is -2.13. The number of fused-ring (bicyclic) bond motifs is 1. The third-order valence-electron chi connectivity index (χ3n) is 3.45. The van der Waals surface area contributed by atoms with Crippen molar-refractivity contribution in [3.8, 4) is 0 Å². The van der Waals surface area contributed by atoms with Crippen LogP contribution in [0.1, 0.15) is 18.5 Å². The zero-order valence-corrected chi connectivity index (χ0v) is 13.4. The molecule has 0 spiro atoms. The molecule has 0 bridgehead atoms. The molecule has 1 aromatic heterocycles. The molecule has 0 fully saturated rings. The van der Waals surface area contributed by atoms with Crippen molar-refractivity contribution in [1.82, 2.24) is 15.3 Å². The lowest BCUT2D eigenvalue weighted by atomic mass is 10.1. The van der Waals surface area contributed by atoms with Gasteiger partial charge < -0.3 is 10.3 Å². The smallest absolute Gasteiger partial charge is 0.171 e. The molecule has 0 aliphatic carbocycles. The fourth-order valence-corrected chi connectivity index (χ4v) is 3.42. The molecule has 3 nitrogen and oxygen atoms in total. The van der Waals surface area contributed by atoms with Gasteiger partial charge in [0.2, 0.25) is 0 Å². The Morgan fingerprint density at radius 3 is 2.76 bits per heavy atom. The Bertz CT molecular complexity index is 736. The van der Waals surface area contributed by atoms with E-state index in [9.17, 15) is 0 Å². The number of hydrogen-bond donors (Lipinski definition) is 2. The highest BCUT2D eigenvalue weighted by molar-refractivity contribution is 7.99. The van der Waals surface area contributed by atoms with Gasteiger partial charge in [0.1, 0.15) is 0 Å². The molecule has 3 aromatic rings. The summed E-state index contributed by atoms with van der Waals surface area (Å²) in [5.41, 5.74) is 3.13. The van der Waals surface area contributed by atoms with Crippen molar-refractivity contribution in [2.24, 2.45) is 0 Å². The Morgan fingerprint density at radius 1 is 1.24 bits per heavy atom. The molecule has 1 unspecified atom stereocenters. The maximum atomic E-state index is 6.36. The molecule has 5 heteroatoms. The van der Waals surface area contributed by atoms with Gasteiger partial charge in [0.15, 0.2) is 5.16 Å². The van der Waals surface area contributed by atoms with Gasteiger partial charge in [-0.3, -0.25) is 0 Å². The molecule has 0 amide bonds. The summed E-state index contributed by atoms with van der Waals surface area (Å²) in [6.45, 7) is 2.09. The van der Waals surface area contributed by atoms with E-state index in [4.69, 9.17) is 11.6 Å². The van der Waals surface area contributed by atoms with Crippen LogP contribution < -0.4 is 5.32 Å². The first-order valence-electron chi connectivity index (χ1n) is 6.76. The first-order valence-corrected chi connectivity index (χ1v) is 7.96. The highest BCUT2D eigenvalue weighted by Gasteiger charge is 2.10. The van der Waals surface area contributed by atoms with E-state index in [-0.39, 0.29) is 6.04 Å². The highest BCUT2D eigenvalue weighted by atomic mass is 35.5. The van der Waals surface area contributed by atoms with Crippen LogP contribution in [0, 0.1) is 0 Å². The van der Waals surface area contributed by atoms with Crippen molar-refractivity contribution < 1.29 is 0 Å². The zero-order chi connectivity index (χ0) is 14.8. The number of rotatable bonds is 4. The van der Waals surface area contributed by atoms with Crippen LogP contribution in [0.25, 0.3) is 11.0 Å². The van der Waals surface area contributed by atoms with E-state index >= 15 is 0 Å². The molecule has 2 aromatic carbocycles. The van der Waals surface area contributed by atoms with Gasteiger partial charge in [-0.2, -0.15) is 0 Å². The van der Waals surface area contributed by atoms with E-state index in [1.54, 1.807) is 11.8 Å². The van der Waals surface area contributed by atoms with Crippen LogP contribution in [0.5, 0.6) is 0 Å². The van der Waals surface area contributed by atoms with E-state index in [0.29, 0.717) is 0 Å². The van der Waals surface area contributed by atoms with Crippen LogP contribution in [0.4, 0.5) is 0 Å². The standard InChI is InChI=1S/C16H16ClN3S/c1-10(18-2)12-8-7-11(9-13(12)17)21-16-19-14-5-3-4-6-15(14)20-16/h3-10,18H,1-2H3,(H,19,20). The van der Waals surface area contributed by atoms with Crippen molar-refractivity contribution in [3.63, 3.8) is 0 Å². The first-order chi connectivity index (χ1) is 10.2. The summed E-state index contributed by atoms with van der Waals surface area (Å²) >= 11 is 7.95. The molecule has 1 atom stereocenters. The summed E-state index contributed by atoms with van der Waals surface area (Å²) in [5, 5.41) is 4.85. The molecular weight excluding hydrogens is 302 g/mol. The summed E-state index contributed by atoms with van der Waals surface area (Å²) in [4.78, 5) is 8.95. The average Bonchev–Trinajstić information content (AvgIpc) is 2.88. The SMILES string of the molecule is CNC(C)c1ccc(Sc2nc3ccccc3[nH]2)cc1Cl. The molecule has 1 heterocycles. The van der Waals surface area contributed by atoms with E-state index in [0.717, 1.165) is 31.7 Å². The summed E-state index contributed by atoms with van der Waals surface area (Å²) < 4.78 is 0. The quantitative estimate of drug-likeness (QED) is 0.736. The molecule has 2 N–H and O–H groups in total. The molecule has 0 saturated carbocycles. The summed E-state index contributed by atoms with van der Waals surface area (Å²) in [5.74, 6) is 0. The molecule has 0 radical (unpaired) electrons. The Hall–Kier alpha value is -1.49. The molecule has 0 aliphatic heterocycles. The number of halogens is 1. The lowest BCUT2D eigenvalue weighted by Crippen LogP contribution is -2.12. The largest absolute Gasteiger partial charge is 0.333 e. The topological polar surface area (TPSA) is 40.7 Å². The predicted molar refractivity (Wildman–Crippen MR) is 89.1 cm³/mol. The van der Waals surface area contributed by atoms with E-state index in [1.165, 1.54) is 0 Å². The average molecular weight is 318 g/mol. The maximum absolute atomic E-state index is 6.36. The van der Waals surface area contributed by atoms with Gasteiger partial charge in [0, 0.05) is 16.0 Å². The fourth-order valence-electron chi connectivity index (χ4n) is 2.17. The van der Waals surface area contributed by atoms with Gasteiger partial charge >= 0.3 is 0 Å². The number of para-hydroxylation sites is 2. The Labute approximate surface area is 133 Å². The minimum absolute atomic E-state index is 0.239. The number of benzene rings is 2. The minimum Gasteiger partial charge on any atom is -0.333 e. The van der Waals surface area contributed by atoms with Crippen LogP contribution in [-0.2, 0) is 0 Å². The number of imidazole rings is 1. The number of nitrogens with one attached hydrogen (secondary N) is 2. The van der Waals surface area contributed by atoms with Gasteiger partial charge in [-0.25, -0.2) is 4.98 Å². The second-order valence-electron chi connectivity index (χ2n) is 4.85. The first kappa shape index (κ1) is 14.4. The number of H-pyrrole nitrogens is 1. The van der Waals surface area contributed by atoms with Gasteiger partial charge in [-0.1, -0.05) is 41.6 Å². The van der Waals surface area contributed by atoms with Crippen LogP contribution in [0.15, 0.2) is 52.5 Å².